The van der Waals surface area contributed by atoms with Crippen molar-refractivity contribution in [3.8, 4) is 11.3 Å². The van der Waals surface area contributed by atoms with Crippen molar-refractivity contribution < 1.29 is 9.21 Å². The van der Waals surface area contributed by atoms with Crippen molar-refractivity contribution in [2.75, 3.05) is 7.05 Å². The highest BCUT2D eigenvalue weighted by atomic mass is 35.5. The minimum atomic E-state index is -0.195. The highest BCUT2D eigenvalue weighted by molar-refractivity contribution is 6.33. The molecule has 0 atom stereocenters. The molecule has 2 aromatic carbocycles. The Morgan fingerprint density at radius 1 is 1.03 bits per heavy atom. The summed E-state index contributed by atoms with van der Waals surface area (Å²) in [6, 6.07) is 21.0. The lowest BCUT2D eigenvalue weighted by atomic mass is 10.2. The van der Waals surface area contributed by atoms with Crippen molar-refractivity contribution in [1.82, 2.24) is 14.7 Å². The van der Waals surface area contributed by atoms with Crippen LogP contribution >= 0.6 is 11.6 Å². The van der Waals surface area contributed by atoms with Gasteiger partial charge in [-0.25, -0.2) is 0 Å². The summed E-state index contributed by atoms with van der Waals surface area (Å²) in [5.41, 5.74) is 2.89. The highest BCUT2D eigenvalue weighted by Gasteiger charge is 2.18. The van der Waals surface area contributed by atoms with Crippen LogP contribution in [0.4, 0.5) is 0 Å². The van der Waals surface area contributed by atoms with Gasteiger partial charge in [0.05, 0.1) is 17.8 Å². The number of hydrogen-bond donors (Lipinski definition) is 0. The zero-order valence-electron chi connectivity index (χ0n) is 16.0. The Kier molecular flexibility index (Phi) is 5.49. The van der Waals surface area contributed by atoms with Gasteiger partial charge in [0.25, 0.3) is 5.91 Å². The summed E-state index contributed by atoms with van der Waals surface area (Å²) >= 11 is 6.21. The predicted octanol–water partition coefficient (Wildman–Crippen LogP) is 5.12. The molecule has 0 aliphatic rings. The number of nitrogens with zero attached hydrogens (tertiary/aromatic N) is 3. The summed E-state index contributed by atoms with van der Waals surface area (Å²) in [4.78, 5) is 14.4. The van der Waals surface area contributed by atoms with Gasteiger partial charge in [-0.1, -0.05) is 54.1 Å². The maximum absolute atomic E-state index is 12.7. The lowest BCUT2D eigenvalue weighted by Crippen LogP contribution is -2.25. The largest absolute Gasteiger partial charge is 0.451 e. The van der Waals surface area contributed by atoms with Gasteiger partial charge in [-0.2, -0.15) is 5.10 Å². The van der Waals surface area contributed by atoms with E-state index in [1.807, 2.05) is 47.3 Å². The van der Waals surface area contributed by atoms with Crippen LogP contribution in [0, 0.1) is 0 Å². The van der Waals surface area contributed by atoms with Crippen LogP contribution in [0.1, 0.15) is 21.7 Å². The van der Waals surface area contributed by atoms with Crippen LogP contribution in [-0.2, 0) is 13.1 Å². The molecule has 2 aromatic heterocycles. The van der Waals surface area contributed by atoms with Crippen molar-refractivity contribution in [1.29, 1.82) is 0 Å². The third-order valence-corrected chi connectivity index (χ3v) is 4.93. The Labute approximate surface area is 174 Å². The van der Waals surface area contributed by atoms with Crippen LogP contribution in [0.2, 0.25) is 5.02 Å². The molecule has 0 bridgehead atoms. The van der Waals surface area contributed by atoms with E-state index in [1.54, 1.807) is 36.3 Å². The smallest absolute Gasteiger partial charge is 0.289 e. The molecule has 0 radical (unpaired) electrons. The normalized spacial score (nSPS) is 10.8. The van der Waals surface area contributed by atoms with Crippen LogP contribution in [0.15, 0.2) is 83.5 Å². The Morgan fingerprint density at radius 2 is 1.79 bits per heavy atom. The number of amides is 1. The van der Waals surface area contributed by atoms with Gasteiger partial charge in [0.15, 0.2) is 5.76 Å². The first kappa shape index (κ1) is 19.0. The molecule has 146 valence electrons. The molecule has 0 saturated heterocycles. The molecular formula is C23H20ClN3O2. The van der Waals surface area contributed by atoms with E-state index in [2.05, 4.69) is 17.2 Å². The number of halogens is 1. The number of rotatable bonds is 6. The van der Waals surface area contributed by atoms with E-state index >= 15 is 0 Å². The minimum Gasteiger partial charge on any atom is -0.451 e. The average Bonchev–Trinajstić information content (AvgIpc) is 3.38. The molecule has 2 heterocycles. The standard InChI is InChI=1S/C23H20ClN3O2/c1-26(14-18-13-25-27(16-18)15-17-7-3-2-4-8-17)23(28)22-12-11-21(29-22)19-9-5-6-10-20(19)24/h2-13,16H,14-15H2,1H3. The van der Waals surface area contributed by atoms with Crippen LogP contribution in [0.3, 0.4) is 0 Å². The second-order valence-electron chi connectivity index (χ2n) is 6.84. The van der Waals surface area contributed by atoms with Gasteiger partial charge in [-0.15, -0.1) is 0 Å². The monoisotopic (exact) mass is 405 g/mol. The Morgan fingerprint density at radius 3 is 2.59 bits per heavy atom. The van der Waals surface area contributed by atoms with Gasteiger partial charge >= 0.3 is 0 Å². The second-order valence-corrected chi connectivity index (χ2v) is 7.24. The fraction of sp³-hybridized carbons (Fsp3) is 0.130. The molecule has 0 saturated carbocycles. The third-order valence-electron chi connectivity index (χ3n) is 4.60. The number of hydrogen-bond acceptors (Lipinski definition) is 3. The molecule has 0 aliphatic carbocycles. The molecular weight excluding hydrogens is 386 g/mol. The molecule has 1 amide bonds. The fourth-order valence-corrected chi connectivity index (χ4v) is 3.37. The van der Waals surface area contributed by atoms with Gasteiger partial charge in [0.1, 0.15) is 5.76 Å². The van der Waals surface area contributed by atoms with Crippen molar-refractivity contribution >= 4 is 17.5 Å². The summed E-state index contributed by atoms with van der Waals surface area (Å²) in [6.07, 6.45) is 3.73. The zero-order valence-corrected chi connectivity index (χ0v) is 16.7. The van der Waals surface area contributed by atoms with Crippen molar-refractivity contribution in [2.45, 2.75) is 13.1 Å². The number of furan rings is 1. The first-order chi connectivity index (χ1) is 14.1. The molecule has 0 spiro atoms. The summed E-state index contributed by atoms with van der Waals surface area (Å²) in [5, 5.41) is 4.97. The summed E-state index contributed by atoms with van der Waals surface area (Å²) in [7, 11) is 1.74. The highest BCUT2D eigenvalue weighted by Crippen LogP contribution is 2.29. The second kappa shape index (κ2) is 8.37. The summed E-state index contributed by atoms with van der Waals surface area (Å²) in [5.74, 6) is 0.654. The zero-order chi connectivity index (χ0) is 20.2. The van der Waals surface area contributed by atoms with Gasteiger partial charge in [0, 0.05) is 30.9 Å². The van der Waals surface area contributed by atoms with Crippen molar-refractivity contribution in [3.63, 3.8) is 0 Å². The van der Waals surface area contributed by atoms with Crippen LogP contribution in [0.25, 0.3) is 11.3 Å². The van der Waals surface area contributed by atoms with Crippen molar-refractivity contribution in [2.24, 2.45) is 0 Å². The van der Waals surface area contributed by atoms with E-state index < -0.39 is 0 Å². The van der Waals surface area contributed by atoms with Gasteiger partial charge in [0.2, 0.25) is 0 Å². The maximum atomic E-state index is 12.7. The molecule has 0 fully saturated rings. The fourth-order valence-electron chi connectivity index (χ4n) is 3.14. The molecule has 5 nitrogen and oxygen atoms in total. The van der Waals surface area contributed by atoms with E-state index in [4.69, 9.17) is 16.0 Å². The maximum Gasteiger partial charge on any atom is 0.289 e. The minimum absolute atomic E-state index is 0.195. The van der Waals surface area contributed by atoms with E-state index in [-0.39, 0.29) is 11.7 Å². The topological polar surface area (TPSA) is 51.3 Å². The molecule has 0 aliphatic heterocycles. The SMILES string of the molecule is CN(Cc1cnn(Cc2ccccc2)c1)C(=O)c1ccc(-c2ccccc2Cl)o1. The quantitative estimate of drug-likeness (QED) is 0.447. The molecule has 29 heavy (non-hydrogen) atoms. The first-order valence-corrected chi connectivity index (χ1v) is 9.63. The van der Waals surface area contributed by atoms with Gasteiger partial charge in [-0.3, -0.25) is 9.48 Å². The third kappa shape index (κ3) is 4.41. The first-order valence-electron chi connectivity index (χ1n) is 9.25. The number of carbonyl (C=O) groups is 1. The number of benzene rings is 2. The Hall–Kier alpha value is -3.31. The van der Waals surface area contributed by atoms with Crippen molar-refractivity contribution in [3.05, 3.63) is 101 Å². The number of carbonyl (C=O) groups excluding carboxylic acids is 1. The number of aromatic nitrogens is 2. The van der Waals surface area contributed by atoms with Gasteiger partial charge < -0.3 is 9.32 Å². The van der Waals surface area contributed by atoms with Crippen LogP contribution in [-0.4, -0.2) is 27.6 Å². The van der Waals surface area contributed by atoms with E-state index in [0.717, 1.165) is 11.1 Å². The van der Waals surface area contributed by atoms with E-state index in [9.17, 15) is 4.79 Å². The average molecular weight is 406 g/mol. The van der Waals surface area contributed by atoms with Gasteiger partial charge in [-0.05, 0) is 29.8 Å². The summed E-state index contributed by atoms with van der Waals surface area (Å²) in [6.45, 7) is 1.13. The van der Waals surface area contributed by atoms with Crippen LogP contribution < -0.4 is 0 Å². The molecule has 4 aromatic rings. The lowest BCUT2D eigenvalue weighted by molar-refractivity contribution is 0.0754. The Balaban J connectivity index is 1.42. The molecule has 4 rings (SSSR count). The Bertz CT molecular complexity index is 1120. The molecule has 0 N–H and O–H groups in total. The lowest BCUT2D eigenvalue weighted by Gasteiger charge is -2.14. The van der Waals surface area contributed by atoms with E-state index in [1.165, 1.54) is 5.56 Å². The molecule has 0 unspecified atom stereocenters. The summed E-state index contributed by atoms with van der Waals surface area (Å²) < 4.78 is 7.63. The predicted molar refractivity (Wildman–Crippen MR) is 113 cm³/mol. The molecule has 6 heteroatoms. The van der Waals surface area contributed by atoms with E-state index in [0.29, 0.717) is 23.9 Å². The van der Waals surface area contributed by atoms with Crippen LogP contribution in [0.5, 0.6) is 0 Å².